The Kier molecular flexibility index (Phi) is 1.68. The van der Waals surface area contributed by atoms with Gasteiger partial charge in [-0.3, -0.25) is 5.10 Å². The average Bonchev–Trinajstić information content (AvgIpc) is 2.34. The predicted octanol–water partition coefficient (Wildman–Crippen LogP) is -0.394. The van der Waals surface area contributed by atoms with Crippen LogP contribution in [0.4, 0.5) is 5.95 Å². The maximum atomic E-state index is 9.04. The molecule has 1 aromatic heterocycles. The van der Waals surface area contributed by atoms with Crippen LogP contribution in [0.3, 0.4) is 0 Å². The van der Waals surface area contributed by atoms with Gasteiger partial charge < -0.3 is 10.8 Å². The van der Waals surface area contributed by atoms with Crippen molar-refractivity contribution >= 4 is 5.95 Å². The Labute approximate surface area is 57.6 Å². The zero-order valence-corrected chi connectivity index (χ0v) is 5.28. The molecule has 0 radical (unpaired) electrons. The number of anilines is 1. The van der Waals surface area contributed by atoms with E-state index in [2.05, 4.69) is 21.8 Å². The Balaban J connectivity index is 2.84. The fourth-order valence-electron chi connectivity index (χ4n) is 0.532. The van der Waals surface area contributed by atoms with Gasteiger partial charge in [0.15, 0.2) is 5.82 Å². The lowest BCUT2D eigenvalue weighted by Gasteiger charge is -1.95. The van der Waals surface area contributed by atoms with Gasteiger partial charge in [-0.2, -0.15) is 4.98 Å². The second-order valence-corrected chi connectivity index (χ2v) is 1.76. The van der Waals surface area contributed by atoms with Crippen LogP contribution in [0.25, 0.3) is 0 Å². The van der Waals surface area contributed by atoms with Crippen molar-refractivity contribution in [2.24, 2.45) is 0 Å². The molecule has 0 amide bonds. The molecule has 1 atom stereocenters. The fraction of sp³-hybridized carbons (Fsp3) is 0.200. The van der Waals surface area contributed by atoms with Gasteiger partial charge in [0.1, 0.15) is 6.10 Å². The number of hydrogen-bond donors (Lipinski definition) is 3. The molecule has 1 aromatic rings. The van der Waals surface area contributed by atoms with Crippen molar-refractivity contribution in [2.75, 3.05) is 5.73 Å². The maximum Gasteiger partial charge on any atom is 0.239 e. The van der Waals surface area contributed by atoms with E-state index in [4.69, 9.17) is 10.8 Å². The second-order valence-electron chi connectivity index (χ2n) is 1.76. The van der Waals surface area contributed by atoms with E-state index in [1.807, 2.05) is 0 Å². The van der Waals surface area contributed by atoms with Gasteiger partial charge in [0, 0.05) is 0 Å². The molecular weight excluding hydrogens is 132 g/mol. The molecule has 0 fully saturated rings. The number of nitrogens with one attached hydrogen (secondary N) is 1. The molecule has 0 saturated carbocycles. The quantitative estimate of drug-likeness (QED) is 0.488. The number of nitrogens with two attached hydrogens (primary N) is 1. The molecule has 0 aliphatic heterocycles. The smallest absolute Gasteiger partial charge is 0.239 e. The minimum atomic E-state index is -0.815. The summed E-state index contributed by atoms with van der Waals surface area (Å²) in [5, 5.41) is 15.0. The summed E-state index contributed by atoms with van der Waals surface area (Å²) < 4.78 is 0. The largest absolute Gasteiger partial charge is 0.381 e. The number of aromatic nitrogens is 3. The third-order valence-electron chi connectivity index (χ3n) is 1.02. The predicted molar refractivity (Wildman–Crippen MR) is 36.0 cm³/mol. The van der Waals surface area contributed by atoms with Crippen LogP contribution in [0.15, 0.2) is 12.7 Å². The van der Waals surface area contributed by atoms with Crippen LogP contribution in [0.2, 0.25) is 0 Å². The number of H-pyrrole nitrogens is 1. The van der Waals surface area contributed by atoms with Crippen molar-refractivity contribution in [2.45, 2.75) is 6.10 Å². The summed E-state index contributed by atoms with van der Waals surface area (Å²) in [7, 11) is 0. The molecular formula is C5H8N4O. The Hall–Kier alpha value is -1.36. The van der Waals surface area contributed by atoms with Crippen LogP contribution >= 0.6 is 0 Å². The standard InChI is InChI=1S/C5H8N4O/c1-2-3(10)4-7-5(6)9-8-4/h2-3,10H,1H2,(H3,6,7,8,9). The number of aromatic amines is 1. The molecule has 54 valence electrons. The zero-order valence-electron chi connectivity index (χ0n) is 5.28. The van der Waals surface area contributed by atoms with Crippen LogP contribution in [0.1, 0.15) is 11.9 Å². The maximum absolute atomic E-state index is 9.04. The Morgan fingerprint density at radius 3 is 2.90 bits per heavy atom. The summed E-state index contributed by atoms with van der Waals surface area (Å²) in [5.74, 6) is 0.434. The molecule has 0 bridgehead atoms. The van der Waals surface area contributed by atoms with Crippen LogP contribution in [0.5, 0.6) is 0 Å². The highest BCUT2D eigenvalue weighted by atomic mass is 16.3. The minimum absolute atomic E-state index is 0.121. The van der Waals surface area contributed by atoms with Crippen molar-refractivity contribution in [1.82, 2.24) is 15.2 Å². The lowest BCUT2D eigenvalue weighted by Crippen LogP contribution is -1.95. The summed E-state index contributed by atoms with van der Waals surface area (Å²) in [5.41, 5.74) is 5.17. The molecule has 1 rings (SSSR count). The highest BCUT2D eigenvalue weighted by molar-refractivity contribution is 5.14. The molecule has 5 heteroatoms. The zero-order chi connectivity index (χ0) is 7.56. The van der Waals surface area contributed by atoms with E-state index in [1.54, 1.807) is 0 Å². The first-order valence-electron chi connectivity index (χ1n) is 2.72. The molecule has 0 aliphatic rings. The Morgan fingerprint density at radius 1 is 1.80 bits per heavy atom. The number of aliphatic hydroxyl groups is 1. The van der Waals surface area contributed by atoms with Crippen molar-refractivity contribution < 1.29 is 5.11 Å². The summed E-state index contributed by atoms with van der Waals surface area (Å²) in [6, 6.07) is 0. The first-order chi connectivity index (χ1) is 4.74. The summed E-state index contributed by atoms with van der Waals surface area (Å²) >= 11 is 0. The van der Waals surface area contributed by atoms with Gasteiger partial charge in [-0.15, -0.1) is 11.7 Å². The van der Waals surface area contributed by atoms with Gasteiger partial charge in [0.05, 0.1) is 0 Å². The third kappa shape index (κ3) is 1.14. The molecule has 0 aromatic carbocycles. The normalized spacial score (nSPS) is 12.9. The molecule has 0 aliphatic carbocycles. The van der Waals surface area contributed by atoms with E-state index in [9.17, 15) is 0 Å². The minimum Gasteiger partial charge on any atom is -0.381 e. The van der Waals surface area contributed by atoms with Crippen LogP contribution in [-0.2, 0) is 0 Å². The number of nitrogen functional groups attached to an aromatic ring is 1. The van der Waals surface area contributed by atoms with Crippen molar-refractivity contribution in [3.63, 3.8) is 0 Å². The summed E-state index contributed by atoms with van der Waals surface area (Å²) in [6.07, 6.45) is 0.518. The van der Waals surface area contributed by atoms with Crippen molar-refractivity contribution in [3.05, 3.63) is 18.5 Å². The average molecular weight is 140 g/mol. The molecule has 1 heterocycles. The van der Waals surface area contributed by atoms with Crippen LogP contribution in [-0.4, -0.2) is 20.3 Å². The molecule has 4 N–H and O–H groups in total. The van der Waals surface area contributed by atoms with E-state index >= 15 is 0 Å². The second kappa shape index (κ2) is 2.49. The molecule has 10 heavy (non-hydrogen) atoms. The van der Waals surface area contributed by atoms with E-state index in [0.717, 1.165) is 0 Å². The van der Waals surface area contributed by atoms with Crippen LogP contribution in [0, 0.1) is 0 Å². The van der Waals surface area contributed by atoms with Crippen molar-refractivity contribution in [1.29, 1.82) is 0 Å². The summed E-state index contributed by atoms with van der Waals surface area (Å²) in [6.45, 7) is 3.37. The van der Waals surface area contributed by atoms with Gasteiger partial charge in [-0.1, -0.05) is 6.08 Å². The Morgan fingerprint density at radius 2 is 2.50 bits per heavy atom. The number of rotatable bonds is 2. The monoisotopic (exact) mass is 140 g/mol. The van der Waals surface area contributed by atoms with E-state index in [0.29, 0.717) is 5.82 Å². The highest BCUT2D eigenvalue weighted by Crippen LogP contribution is 2.06. The topological polar surface area (TPSA) is 87.8 Å². The van der Waals surface area contributed by atoms with E-state index in [-0.39, 0.29) is 5.95 Å². The van der Waals surface area contributed by atoms with E-state index < -0.39 is 6.10 Å². The molecule has 0 spiro atoms. The van der Waals surface area contributed by atoms with Gasteiger partial charge in [0.25, 0.3) is 0 Å². The fourth-order valence-corrected chi connectivity index (χ4v) is 0.532. The van der Waals surface area contributed by atoms with Crippen molar-refractivity contribution in [3.8, 4) is 0 Å². The number of nitrogens with zero attached hydrogens (tertiary/aromatic N) is 2. The first kappa shape index (κ1) is 6.76. The highest BCUT2D eigenvalue weighted by Gasteiger charge is 2.06. The summed E-state index contributed by atoms with van der Waals surface area (Å²) in [4.78, 5) is 3.67. The van der Waals surface area contributed by atoms with Gasteiger partial charge in [-0.05, 0) is 0 Å². The SMILES string of the molecule is C=CC(O)c1nc(N)n[nH]1. The first-order valence-corrected chi connectivity index (χ1v) is 2.72. The number of hydrogen-bond acceptors (Lipinski definition) is 4. The molecule has 1 unspecified atom stereocenters. The lowest BCUT2D eigenvalue weighted by atomic mass is 10.3. The van der Waals surface area contributed by atoms with Gasteiger partial charge in [-0.25, -0.2) is 0 Å². The van der Waals surface area contributed by atoms with Crippen LogP contribution < -0.4 is 5.73 Å². The van der Waals surface area contributed by atoms with Gasteiger partial charge in [0.2, 0.25) is 5.95 Å². The number of aliphatic hydroxyl groups excluding tert-OH is 1. The molecule has 5 nitrogen and oxygen atoms in total. The third-order valence-corrected chi connectivity index (χ3v) is 1.02. The van der Waals surface area contributed by atoms with Gasteiger partial charge >= 0.3 is 0 Å². The van der Waals surface area contributed by atoms with E-state index in [1.165, 1.54) is 6.08 Å². The Bertz CT molecular complexity index is 231. The molecule has 0 saturated heterocycles. The lowest BCUT2D eigenvalue weighted by molar-refractivity contribution is 0.219.